The molecule has 33 heavy (non-hydrogen) atoms. The van der Waals surface area contributed by atoms with Gasteiger partial charge < -0.3 is 14.5 Å². The van der Waals surface area contributed by atoms with Crippen molar-refractivity contribution in [3.63, 3.8) is 0 Å². The zero-order valence-electron chi connectivity index (χ0n) is 18.9. The van der Waals surface area contributed by atoms with Crippen molar-refractivity contribution in [2.45, 2.75) is 51.6 Å². The highest BCUT2D eigenvalue weighted by Crippen LogP contribution is 2.32. The average Bonchev–Trinajstić information content (AvgIpc) is 3.07. The quantitative estimate of drug-likeness (QED) is 0.647. The van der Waals surface area contributed by atoms with E-state index in [4.69, 9.17) is 0 Å². The summed E-state index contributed by atoms with van der Waals surface area (Å²) in [5, 5.41) is 0. The monoisotopic (exact) mass is 462 g/mol. The van der Waals surface area contributed by atoms with Crippen molar-refractivity contribution in [3.8, 4) is 5.75 Å². The maximum Gasteiger partial charge on any atom is 0.573 e. The van der Waals surface area contributed by atoms with Gasteiger partial charge in [-0.2, -0.15) is 0 Å². The molecule has 0 aliphatic carbocycles. The molecule has 1 aromatic carbocycles. The molecule has 6 nitrogen and oxygen atoms in total. The molecule has 2 aliphatic rings. The minimum absolute atomic E-state index is 0.0342. The van der Waals surface area contributed by atoms with E-state index < -0.39 is 6.36 Å². The molecule has 1 aromatic heterocycles. The topological polar surface area (TPSA) is 48.9 Å². The molecule has 9 heteroatoms. The second kappa shape index (κ2) is 9.21. The van der Waals surface area contributed by atoms with Gasteiger partial charge in [0.05, 0.1) is 12.2 Å². The lowest BCUT2D eigenvalue weighted by atomic mass is 10.0. The van der Waals surface area contributed by atoms with Gasteiger partial charge in [0.25, 0.3) is 5.91 Å². The molecule has 2 saturated heterocycles. The van der Waals surface area contributed by atoms with E-state index in [9.17, 15) is 18.0 Å². The fraction of sp³-hybridized carbons (Fsp3) is 0.500. The Morgan fingerprint density at radius 1 is 1.09 bits per heavy atom. The number of carbonyl (C=O) groups excluding carboxylic acids is 1. The summed E-state index contributed by atoms with van der Waals surface area (Å²) in [5.41, 5.74) is 2.20. The van der Waals surface area contributed by atoms with Crippen LogP contribution in [0.4, 0.5) is 18.9 Å². The first-order chi connectivity index (χ1) is 15.6. The minimum Gasteiger partial charge on any atom is -0.406 e. The van der Waals surface area contributed by atoms with Gasteiger partial charge in [-0.3, -0.25) is 14.7 Å². The Labute approximate surface area is 191 Å². The summed E-state index contributed by atoms with van der Waals surface area (Å²) in [6.45, 7) is 7.69. The van der Waals surface area contributed by atoms with Crippen LogP contribution in [-0.4, -0.2) is 58.9 Å². The number of hydrogen-bond donors (Lipinski definition) is 0. The molecule has 0 unspecified atom stereocenters. The van der Waals surface area contributed by atoms with Crippen LogP contribution in [0.5, 0.6) is 5.75 Å². The zero-order chi connectivity index (χ0) is 23.6. The number of pyridine rings is 1. The van der Waals surface area contributed by atoms with Crippen LogP contribution >= 0.6 is 0 Å². The van der Waals surface area contributed by atoms with E-state index in [-0.39, 0.29) is 17.2 Å². The van der Waals surface area contributed by atoms with E-state index in [0.29, 0.717) is 25.3 Å². The van der Waals surface area contributed by atoms with Crippen molar-refractivity contribution in [1.82, 2.24) is 14.8 Å². The lowest BCUT2D eigenvalue weighted by Crippen LogP contribution is -2.40. The number of halogens is 3. The number of anilines is 1. The second-order valence-electron chi connectivity index (χ2n) is 9.28. The second-order valence-corrected chi connectivity index (χ2v) is 9.28. The Morgan fingerprint density at radius 2 is 1.79 bits per heavy atom. The smallest absolute Gasteiger partial charge is 0.406 e. The van der Waals surface area contributed by atoms with Gasteiger partial charge in [-0.1, -0.05) is 0 Å². The summed E-state index contributed by atoms with van der Waals surface area (Å²) in [4.78, 5) is 23.6. The molecule has 178 valence electrons. The first-order valence-electron chi connectivity index (χ1n) is 11.2. The predicted octanol–water partition coefficient (Wildman–Crippen LogP) is 4.66. The molecule has 0 bridgehead atoms. The van der Waals surface area contributed by atoms with Gasteiger partial charge in [-0.25, -0.2) is 0 Å². The Balaban J connectivity index is 1.48. The third-order valence-electron chi connectivity index (χ3n) is 6.36. The van der Waals surface area contributed by atoms with Crippen molar-refractivity contribution in [3.05, 3.63) is 53.9 Å². The summed E-state index contributed by atoms with van der Waals surface area (Å²) >= 11 is 0. The number of carbonyl (C=O) groups is 1. The lowest BCUT2D eigenvalue weighted by molar-refractivity contribution is -0.274. The van der Waals surface area contributed by atoms with Crippen LogP contribution in [-0.2, 0) is 6.54 Å². The minimum atomic E-state index is -4.71. The third-order valence-corrected chi connectivity index (χ3v) is 6.36. The number of nitrogens with zero attached hydrogens (tertiary/aromatic N) is 4. The maximum absolute atomic E-state index is 13.1. The molecular weight excluding hydrogens is 433 g/mol. The highest BCUT2D eigenvalue weighted by Gasteiger charge is 2.38. The molecule has 3 heterocycles. The molecule has 2 fully saturated rings. The fourth-order valence-corrected chi connectivity index (χ4v) is 4.54. The van der Waals surface area contributed by atoms with Gasteiger partial charge in [0.15, 0.2) is 0 Å². The Hall–Kier alpha value is -2.81. The fourth-order valence-electron chi connectivity index (χ4n) is 4.54. The van der Waals surface area contributed by atoms with E-state index >= 15 is 0 Å². The van der Waals surface area contributed by atoms with E-state index in [2.05, 4.69) is 33.4 Å². The molecule has 0 atom stereocenters. The number of amides is 1. The SMILES string of the molecule is CC1(C)CN(c2ccc(OC(F)(F)F)cc2)CN1Cc1ccncc1C(=O)N1CCCCC1. The number of piperidine rings is 1. The molecule has 0 saturated carbocycles. The maximum atomic E-state index is 13.1. The van der Waals surface area contributed by atoms with Crippen molar-refractivity contribution >= 4 is 11.6 Å². The highest BCUT2D eigenvalue weighted by atomic mass is 19.4. The van der Waals surface area contributed by atoms with Crippen LogP contribution in [0, 0.1) is 0 Å². The first kappa shape index (κ1) is 23.4. The van der Waals surface area contributed by atoms with Gasteiger partial charge in [0.2, 0.25) is 0 Å². The number of alkyl halides is 3. The van der Waals surface area contributed by atoms with Gasteiger partial charge in [0.1, 0.15) is 5.75 Å². The lowest BCUT2D eigenvalue weighted by Gasteiger charge is -2.31. The van der Waals surface area contributed by atoms with E-state index in [0.717, 1.165) is 43.6 Å². The van der Waals surface area contributed by atoms with Crippen LogP contribution in [0.25, 0.3) is 0 Å². The number of aromatic nitrogens is 1. The van der Waals surface area contributed by atoms with E-state index in [1.165, 1.54) is 12.1 Å². The third kappa shape index (κ3) is 5.58. The van der Waals surface area contributed by atoms with Crippen LogP contribution < -0.4 is 9.64 Å². The summed E-state index contributed by atoms with van der Waals surface area (Å²) in [6.07, 6.45) is 1.88. The molecule has 0 N–H and O–H groups in total. The van der Waals surface area contributed by atoms with Crippen molar-refractivity contribution in [2.24, 2.45) is 0 Å². The number of hydrogen-bond acceptors (Lipinski definition) is 5. The molecule has 0 radical (unpaired) electrons. The average molecular weight is 463 g/mol. The molecule has 2 aromatic rings. The predicted molar refractivity (Wildman–Crippen MR) is 119 cm³/mol. The number of likely N-dealkylation sites (tertiary alicyclic amines) is 1. The molecular formula is C24H29F3N4O2. The summed E-state index contributed by atoms with van der Waals surface area (Å²) in [5.74, 6) is -0.203. The zero-order valence-corrected chi connectivity index (χ0v) is 18.9. The normalized spacial score (nSPS) is 19.1. The van der Waals surface area contributed by atoms with Crippen LogP contribution in [0.2, 0.25) is 0 Å². The highest BCUT2D eigenvalue weighted by molar-refractivity contribution is 5.95. The number of ether oxygens (including phenoxy) is 1. The van der Waals surface area contributed by atoms with Crippen molar-refractivity contribution in [2.75, 3.05) is 31.2 Å². The first-order valence-corrected chi connectivity index (χ1v) is 11.2. The van der Waals surface area contributed by atoms with Crippen LogP contribution in [0.3, 0.4) is 0 Å². The summed E-state index contributed by atoms with van der Waals surface area (Å²) in [7, 11) is 0. The molecule has 1 amide bonds. The van der Waals surface area contributed by atoms with Gasteiger partial charge >= 0.3 is 6.36 Å². The molecule has 0 spiro atoms. The largest absolute Gasteiger partial charge is 0.573 e. The Morgan fingerprint density at radius 3 is 2.45 bits per heavy atom. The number of benzene rings is 1. The molecule has 4 rings (SSSR count). The summed E-state index contributed by atoms with van der Waals surface area (Å²) < 4.78 is 41.3. The Bertz CT molecular complexity index is 972. The van der Waals surface area contributed by atoms with Gasteiger partial charge in [-0.15, -0.1) is 13.2 Å². The Kier molecular flexibility index (Phi) is 6.52. The molecule has 2 aliphatic heterocycles. The van der Waals surface area contributed by atoms with E-state index in [1.54, 1.807) is 24.5 Å². The summed E-state index contributed by atoms with van der Waals surface area (Å²) in [6, 6.07) is 7.84. The van der Waals surface area contributed by atoms with Gasteiger partial charge in [0, 0.05) is 49.8 Å². The van der Waals surface area contributed by atoms with E-state index in [1.807, 2.05) is 11.0 Å². The van der Waals surface area contributed by atoms with Crippen molar-refractivity contribution in [1.29, 1.82) is 0 Å². The van der Waals surface area contributed by atoms with Crippen molar-refractivity contribution < 1.29 is 22.7 Å². The number of rotatable bonds is 5. The van der Waals surface area contributed by atoms with Crippen LogP contribution in [0.1, 0.15) is 49.0 Å². The standard InChI is InChI=1S/C24H29F3N4O2/c1-23(2)16-30(19-6-8-20(9-7-19)33-24(25,26)27)17-31(23)15-18-10-11-28-14-21(18)22(32)29-12-4-3-5-13-29/h6-11,14H,3-5,12-13,15-17H2,1-2H3. The van der Waals surface area contributed by atoms with Gasteiger partial charge in [-0.05, 0) is 69.0 Å². The van der Waals surface area contributed by atoms with Crippen LogP contribution in [0.15, 0.2) is 42.7 Å².